The first-order valence-electron chi connectivity index (χ1n) is 8.17. The predicted molar refractivity (Wildman–Crippen MR) is 99.3 cm³/mol. The van der Waals surface area contributed by atoms with E-state index in [1.807, 2.05) is 13.8 Å². The lowest BCUT2D eigenvalue weighted by molar-refractivity contribution is -0.122. The largest absolute Gasteiger partial charge is 0.481 e. The molecule has 0 aliphatic rings. The summed E-state index contributed by atoms with van der Waals surface area (Å²) >= 11 is 6.13. The van der Waals surface area contributed by atoms with E-state index in [0.29, 0.717) is 16.3 Å². The second-order valence-electron chi connectivity index (χ2n) is 6.05. The Labute approximate surface area is 160 Å². The molecule has 1 N–H and O–H groups in total. The number of ether oxygens (including phenoxy) is 1. The molecular formula is C19H17ClFN3O3. The molecule has 6 nitrogen and oxygen atoms in total. The Morgan fingerprint density at radius 2 is 1.85 bits per heavy atom. The summed E-state index contributed by atoms with van der Waals surface area (Å²) in [6.45, 7) is 5.34. The molecule has 1 atom stereocenters. The van der Waals surface area contributed by atoms with Crippen LogP contribution in [0.2, 0.25) is 5.02 Å². The molecule has 2 aromatic carbocycles. The minimum atomic E-state index is -0.794. The Morgan fingerprint density at radius 1 is 1.22 bits per heavy atom. The van der Waals surface area contributed by atoms with Crippen LogP contribution in [-0.2, 0) is 4.79 Å². The fourth-order valence-corrected chi connectivity index (χ4v) is 2.54. The van der Waals surface area contributed by atoms with Gasteiger partial charge in [-0.15, -0.1) is 0 Å². The van der Waals surface area contributed by atoms with E-state index in [4.69, 9.17) is 20.9 Å². The van der Waals surface area contributed by atoms with Gasteiger partial charge in [-0.1, -0.05) is 11.6 Å². The van der Waals surface area contributed by atoms with Crippen LogP contribution in [0, 0.1) is 19.7 Å². The first-order valence-corrected chi connectivity index (χ1v) is 8.55. The summed E-state index contributed by atoms with van der Waals surface area (Å²) in [6, 6.07) is 9.10. The molecule has 0 bridgehead atoms. The molecule has 0 saturated heterocycles. The summed E-state index contributed by atoms with van der Waals surface area (Å²) in [5, 5.41) is 6.89. The van der Waals surface area contributed by atoms with E-state index in [0.717, 1.165) is 11.1 Å². The first kappa shape index (κ1) is 18.8. The van der Waals surface area contributed by atoms with Crippen LogP contribution in [0.1, 0.15) is 18.1 Å². The van der Waals surface area contributed by atoms with Gasteiger partial charge in [-0.2, -0.15) is 4.98 Å². The number of anilines is 1. The van der Waals surface area contributed by atoms with Crippen LogP contribution in [-0.4, -0.2) is 22.2 Å². The van der Waals surface area contributed by atoms with Crippen LogP contribution in [0.25, 0.3) is 11.5 Å². The Bertz CT molecular complexity index is 950. The molecule has 0 aliphatic heterocycles. The lowest BCUT2D eigenvalue weighted by Crippen LogP contribution is -2.30. The number of amides is 1. The number of rotatable bonds is 5. The molecule has 0 saturated carbocycles. The Hall–Kier alpha value is -2.93. The van der Waals surface area contributed by atoms with E-state index >= 15 is 0 Å². The molecule has 0 spiro atoms. The summed E-state index contributed by atoms with van der Waals surface area (Å²) in [5.74, 6) is -0.102. The van der Waals surface area contributed by atoms with Crippen LogP contribution < -0.4 is 10.1 Å². The van der Waals surface area contributed by atoms with Gasteiger partial charge in [0.1, 0.15) is 11.6 Å². The van der Waals surface area contributed by atoms with E-state index in [-0.39, 0.29) is 17.7 Å². The van der Waals surface area contributed by atoms with Crippen molar-refractivity contribution in [2.24, 2.45) is 0 Å². The zero-order chi connectivity index (χ0) is 19.6. The Kier molecular flexibility index (Phi) is 5.41. The topological polar surface area (TPSA) is 77.2 Å². The second-order valence-corrected chi connectivity index (χ2v) is 6.43. The number of hydrogen-bond acceptors (Lipinski definition) is 5. The molecule has 1 amide bonds. The highest BCUT2D eigenvalue weighted by Crippen LogP contribution is 2.26. The van der Waals surface area contributed by atoms with Gasteiger partial charge in [0.2, 0.25) is 0 Å². The lowest BCUT2D eigenvalue weighted by atomic mass is 10.1. The average molecular weight is 390 g/mol. The van der Waals surface area contributed by atoms with Crippen molar-refractivity contribution in [3.63, 3.8) is 0 Å². The van der Waals surface area contributed by atoms with Gasteiger partial charge < -0.3 is 9.26 Å². The van der Waals surface area contributed by atoms with Crippen LogP contribution in [0.3, 0.4) is 0 Å². The third kappa shape index (κ3) is 4.43. The van der Waals surface area contributed by atoms with Gasteiger partial charge in [0.25, 0.3) is 17.7 Å². The number of carbonyl (C=O) groups excluding carboxylic acids is 1. The van der Waals surface area contributed by atoms with E-state index < -0.39 is 12.0 Å². The van der Waals surface area contributed by atoms with Crippen molar-refractivity contribution in [3.05, 3.63) is 58.4 Å². The monoisotopic (exact) mass is 389 g/mol. The molecular weight excluding hydrogens is 373 g/mol. The third-order valence-electron chi connectivity index (χ3n) is 3.84. The first-order chi connectivity index (χ1) is 12.8. The zero-order valence-electron chi connectivity index (χ0n) is 14.9. The highest BCUT2D eigenvalue weighted by atomic mass is 35.5. The fraction of sp³-hybridized carbons (Fsp3) is 0.211. The van der Waals surface area contributed by atoms with Crippen molar-refractivity contribution in [3.8, 4) is 17.2 Å². The summed E-state index contributed by atoms with van der Waals surface area (Å²) in [4.78, 5) is 16.4. The molecule has 27 heavy (non-hydrogen) atoms. The molecule has 140 valence electrons. The smallest absolute Gasteiger partial charge is 0.270 e. The molecule has 3 rings (SSSR count). The number of nitrogens with one attached hydrogen (secondary N) is 1. The number of aryl methyl sites for hydroxylation is 2. The lowest BCUT2D eigenvalue weighted by Gasteiger charge is -2.15. The van der Waals surface area contributed by atoms with Gasteiger partial charge in [-0.3, -0.25) is 10.1 Å². The Morgan fingerprint density at radius 3 is 2.48 bits per heavy atom. The van der Waals surface area contributed by atoms with Gasteiger partial charge in [0.05, 0.1) is 0 Å². The molecule has 3 aromatic rings. The van der Waals surface area contributed by atoms with Crippen molar-refractivity contribution in [2.45, 2.75) is 26.9 Å². The normalized spacial score (nSPS) is 11.9. The standard InChI is InChI=1S/C19H17ClFN3O3/c1-10-8-15(9-11(2)16(10)20)26-12(3)17(25)22-19-23-18(27-24-19)13-4-6-14(21)7-5-13/h4-9,12H,1-3H3,(H,22,24,25)/t12-/m1/s1. The van der Waals surface area contributed by atoms with Crippen LogP contribution in [0.5, 0.6) is 5.75 Å². The van der Waals surface area contributed by atoms with Crippen molar-refractivity contribution in [2.75, 3.05) is 5.32 Å². The predicted octanol–water partition coefficient (Wildman–Crippen LogP) is 4.55. The maximum Gasteiger partial charge on any atom is 0.270 e. The van der Waals surface area contributed by atoms with Gasteiger partial charge in [0.15, 0.2) is 6.10 Å². The molecule has 0 fully saturated rings. The van der Waals surface area contributed by atoms with Gasteiger partial charge >= 0.3 is 0 Å². The van der Waals surface area contributed by atoms with Crippen molar-refractivity contribution >= 4 is 23.5 Å². The molecule has 0 unspecified atom stereocenters. The summed E-state index contributed by atoms with van der Waals surface area (Å²) in [6.07, 6.45) is -0.794. The SMILES string of the molecule is Cc1cc(O[C@H](C)C(=O)Nc2noc(-c3ccc(F)cc3)n2)cc(C)c1Cl. The molecule has 1 heterocycles. The van der Waals surface area contributed by atoms with E-state index in [1.165, 1.54) is 24.3 Å². The quantitative estimate of drug-likeness (QED) is 0.692. The minimum absolute atomic E-state index is 0.00163. The third-order valence-corrected chi connectivity index (χ3v) is 4.44. The maximum absolute atomic E-state index is 13.0. The molecule has 1 aromatic heterocycles. The highest BCUT2D eigenvalue weighted by Gasteiger charge is 2.19. The highest BCUT2D eigenvalue weighted by molar-refractivity contribution is 6.32. The van der Waals surface area contributed by atoms with E-state index in [9.17, 15) is 9.18 Å². The van der Waals surface area contributed by atoms with Crippen LogP contribution in [0.4, 0.5) is 10.3 Å². The number of aromatic nitrogens is 2. The minimum Gasteiger partial charge on any atom is -0.481 e. The summed E-state index contributed by atoms with van der Waals surface area (Å²) in [7, 11) is 0. The van der Waals surface area contributed by atoms with Crippen molar-refractivity contribution < 1.29 is 18.4 Å². The fourth-order valence-electron chi connectivity index (χ4n) is 2.43. The van der Waals surface area contributed by atoms with Crippen molar-refractivity contribution in [1.82, 2.24) is 10.1 Å². The molecule has 8 heteroatoms. The summed E-state index contributed by atoms with van der Waals surface area (Å²) < 4.78 is 23.7. The van der Waals surface area contributed by atoms with Gasteiger partial charge in [0, 0.05) is 10.6 Å². The number of benzene rings is 2. The van der Waals surface area contributed by atoms with Gasteiger partial charge in [-0.25, -0.2) is 4.39 Å². The number of carbonyl (C=O) groups is 1. The average Bonchev–Trinajstić information content (AvgIpc) is 3.08. The maximum atomic E-state index is 13.0. The van der Waals surface area contributed by atoms with Crippen LogP contribution in [0.15, 0.2) is 40.9 Å². The number of nitrogens with zero attached hydrogens (tertiary/aromatic N) is 2. The van der Waals surface area contributed by atoms with Gasteiger partial charge in [-0.05, 0) is 73.5 Å². The zero-order valence-corrected chi connectivity index (χ0v) is 15.7. The summed E-state index contributed by atoms with van der Waals surface area (Å²) in [5.41, 5.74) is 2.27. The second kappa shape index (κ2) is 7.75. The van der Waals surface area contributed by atoms with Crippen molar-refractivity contribution in [1.29, 1.82) is 0 Å². The van der Waals surface area contributed by atoms with Crippen LogP contribution >= 0.6 is 11.6 Å². The molecule has 0 radical (unpaired) electrons. The number of hydrogen-bond donors (Lipinski definition) is 1. The van der Waals surface area contributed by atoms with E-state index in [1.54, 1.807) is 19.1 Å². The molecule has 0 aliphatic carbocycles. The Balaban J connectivity index is 1.66. The number of halogens is 2. The van der Waals surface area contributed by atoms with E-state index in [2.05, 4.69) is 15.5 Å².